The molecule has 3 heterocycles. The molecule has 0 aliphatic rings. The van der Waals surface area contributed by atoms with E-state index in [1.807, 2.05) is 22.7 Å². The second-order valence-electron chi connectivity index (χ2n) is 5.07. The molecule has 0 bridgehead atoms. The molecule has 0 atom stereocenters. The summed E-state index contributed by atoms with van der Waals surface area (Å²) in [5.74, 6) is 0.963. The first-order valence-electron chi connectivity index (χ1n) is 7.00. The summed E-state index contributed by atoms with van der Waals surface area (Å²) in [6.07, 6.45) is 5.48. The van der Waals surface area contributed by atoms with E-state index in [9.17, 15) is 0 Å². The highest BCUT2D eigenvalue weighted by Crippen LogP contribution is 2.32. The highest BCUT2D eigenvalue weighted by molar-refractivity contribution is 7.08. The summed E-state index contributed by atoms with van der Waals surface area (Å²) in [6.45, 7) is 2.09. The lowest BCUT2D eigenvalue weighted by molar-refractivity contribution is 1.13. The summed E-state index contributed by atoms with van der Waals surface area (Å²) in [5.41, 5.74) is 5.17. The highest BCUT2D eigenvalue weighted by Gasteiger charge is 2.15. The summed E-state index contributed by atoms with van der Waals surface area (Å²) >= 11 is 1.67. The molecule has 22 heavy (non-hydrogen) atoms. The van der Waals surface area contributed by atoms with Gasteiger partial charge in [-0.15, -0.1) is 0 Å². The minimum absolute atomic E-state index is 0.833. The van der Waals surface area contributed by atoms with Crippen molar-refractivity contribution in [3.63, 3.8) is 0 Å². The zero-order chi connectivity index (χ0) is 14.9. The summed E-state index contributed by atoms with van der Waals surface area (Å²) in [5, 5.41) is 7.70. The molecule has 5 heteroatoms. The minimum Gasteiger partial charge on any atom is -0.339 e. The van der Waals surface area contributed by atoms with E-state index >= 15 is 0 Å². The van der Waals surface area contributed by atoms with Crippen LogP contribution in [0.5, 0.6) is 0 Å². The highest BCUT2D eigenvalue weighted by atomic mass is 32.1. The molecule has 4 rings (SSSR count). The molecule has 4 aromatic rings. The Morgan fingerprint density at radius 1 is 1.18 bits per heavy atom. The van der Waals surface area contributed by atoms with Gasteiger partial charge in [0.1, 0.15) is 11.5 Å². The first-order chi connectivity index (χ1) is 10.8. The zero-order valence-electron chi connectivity index (χ0n) is 12.0. The lowest BCUT2D eigenvalue weighted by Crippen LogP contribution is -1.98. The van der Waals surface area contributed by atoms with E-state index in [0.29, 0.717) is 0 Å². The molecule has 0 unspecified atom stereocenters. The molecule has 0 amide bonds. The number of hydrogen-bond acceptors (Lipinski definition) is 4. The van der Waals surface area contributed by atoms with Crippen molar-refractivity contribution in [2.75, 3.05) is 5.32 Å². The summed E-state index contributed by atoms with van der Waals surface area (Å²) in [4.78, 5) is 8.89. The van der Waals surface area contributed by atoms with Crippen LogP contribution in [0.2, 0.25) is 0 Å². The van der Waals surface area contributed by atoms with Gasteiger partial charge >= 0.3 is 0 Å². The molecule has 108 valence electrons. The largest absolute Gasteiger partial charge is 0.339 e. The van der Waals surface area contributed by atoms with Gasteiger partial charge in [-0.3, -0.25) is 9.38 Å². The SMILES string of the molecule is Cc1ccccc1Nc1c(-c2ccsc2)nc2cnccn12. The van der Waals surface area contributed by atoms with E-state index in [-0.39, 0.29) is 0 Å². The van der Waals surface area contributed by atoms with Crippen LogP contribution in [0, 0.1) is 6.92 Å². The molecule has 0 radical (unpaired) electrons. The molecule has 0 aliphatic heterocycles. The number of para-hydroxylation sites is 1. The molecule has 4 nitrogen and oxygen atoms in total. The topological polar surface area (TPSA) is 42.2 Å². The van der Waals surface area contributed by atoms with Gasteiger partial charge in [-0.25, -0.2) is 4.98 Å². The third-order valence-electron chi connectivity index (χ3n) is 3.62. The van der Waals surface area contributed by atoms with E-state index in [2.05, 4.69) is 46.2 Å². The molecule has 1 N–H and O–H groups in total. The Bertz CT molecular complexity index is 925. The Morgan fingerprint density at radius 2 is 2.09 bits per heavy atom. The lowest BCUT2D eigenvalue weighted by Gasteiger charge is -2.10. The number of aromatic nitrogens is 3. The predicted molar refractivity (Wildman–Crippen MR) is 90.8 cm³/mol. The van der Waals surface area contributed by atoms with Gasteiger partial charge in [-0.2, -0.15) is 11.3 Å². The first kappa shape index (κ1) is 13.0. The van der Waals surface area contributed by atoms with E-state index in [1.54, 1.807) is 23.7 Å². The van der Waals surface area contributed by atoms with Crippen LogP contribution in [0.25, 0.3) is 16.9 Å². The van der Waals surface area contributed by atoms with Crippen molar-refractivity contribution in [3.8, 4) is 11.3 Å². The average molecular weight is 306 g/mol. The van der Waals surface area contributed by atoms with Crippen LogP contribution in [0.1, 0.15) is 5.56 Å². The predicted octanol–water partition coefficient (Wildman–Crippen LogP) is 4.51. The fraction of sp³-hybridized carbons (Fsp3) is 0.0588. The van der Waals surface area contributed by atoms with E-state index in [1.165, 1.54) is 5.56 Å². The summed E-state index contributed by atoms with van der Waals surface area (Å²) in [6, 6.07) is 10.3. The van der Waals surface area contributed by atoms with Crippen molar-refractivity contribution >= 4 is 28.5 Å². The number of imidazole rings is 1. The number of fused-ring (bicyclic) bond motifs is 1. The second kappa shape index (κ2) is 5.27. The molecule has 0 saturated heterocycles. The maximum atomic E-state index is 4.73. The molecule has 0 aliphatic carbocycles. The third kappa shape index (κ3) is 2.16. The van der Waals surface area contributed by atoms with Crippen LogP contribution < -0.4 is 5.32 Å². The van der Waals surface area contributed by atoms with Gasteiger partial charge in [0.05, 0.1) is 6.20 Å². The van der Waals surface area contributed by atoms with Crippen LogP contribution in [-0.2, 0) is 0 Å². The van der Waals surface area contributed by atoms with E-state index in [0.717, 1.165) is 28.4 Å². The van der Waals surface area contributed by atoms with Crippen LogP contribution in [0.15, 0.2) is 59.7 Å². The van der Waals surface area contributed by atoms with E-state index in [4.69, 9.17) is 4.98 Å². The number of benzene rings is 1. The van der Waals surface area contributed by atoms with Gasteiger partial charge in [-0.05, 0) is 30.0 Å². The molecular formula is C17H14N4S. The Balaban J connectivity index is 1.91. The third-order valence-corrected chi connectivity index (χ3v) is 4.31. The summed E-state index contributed by atoms with van der Waals surface area (Å²) in [7, 11) is 0. The fourth-order valence-electron chi connectivity index (χ4n) is 2.47. The van der Waals surface area contributed by atoms with Gasteiger partial charge in [0, 0.05) is 29.0 Å². The number of thiophene rings is 1. The van der Waals surface area contributed by atoms with Crippen molar-refractivity contribution in [2.24, 2.45) is 0 Å². The molecule has 1 aromatic carbocycles. The second-order valence-corrected chi connectivity index (χ2v) is 5.85. The maximum absolute atomic E-state index is 4.73. The van der Waals surface area contributed by atoms with Crippen LogP contribution >= 0.6 is 11.3 Å². The average Bonchev–Trinajstić information content (AvgIpc) is 3.17. The normalized spacial score (nSPS) is 11.0. The van der Waals surface area contributed by atoms with Crippen molar-refractivity contribution in [3.05, 3.63) is 65.2 Å². The van der Waals surface area contributed by atoms with Crippen LogP contribution in [0.3, 0.4) is 0 Å². The quantitative estimate of drug-likeness (QED) is 0.605. The maximum Gasteiger partial charge on any atom is 0.157 e. The number of aryl methyl sites for hydroxylation is 1. The molecule has 0 saturated carbocycles. The van der Waals surface area contributed by atoms with Gasteiger partial charge < -0.3 is 5.32 Å². The molecular weight excluding hydrogens is 292 g/mol. The number of rotatable bonds is 3. The number of anilines is 2. The van der Waals surface area contributed by atoms with Crippen molar-refractivity contribution in [2.45, 2.75) is 6.92 Å². The molecule has 0 spiro atoms. The molecule has 3 aromatic heterocycles. The van der Waals surface area contributed by atoms with Gasteiger partial charge in [-0.1, -0.05) is 18.2 Å². The standard InChI is InChI=1S/C17H14N4S/c1-12-4-2-3-5-14(12)19-17-16(13-6-9-22-11-13)20-15-10-18-7-8-21(15)17/h2-11,19H,1H3. The number of nitrogens with one attached hydrogen (secondary N) is 1. The Kier molecular flexibility index (Phi) is 3.12. The van der Waals surface area contributed by atoms with Gasteiger partial charge in [0.15, 0.2) is 5.65 Å². The Labute approximate surface area is 132 Å². The number of hydrogen-bond donors (Lipinski definition) is 1. The van der Waals surface area contributed by atoms with Crippen molar-refractivity contribution < 1.29 is 0 Å². The smallest absolute Gasteiger partial charge is 0.157 e. The minimum atomic E-state index is 0.833. The first-order valence-corrected chi connectivity index (χ1v) is 7.94. The van der Waals surface area contributed by atoms with E-state index < -0.39 is 0 Å². The Hall–Kier alpha value is -2.66. The van der Waals surface area contributed by atoms with Crippen molar-refractivity contribution in [1.29, 1.82) is 0 Å². The monoisotopic (exact) mass is 306 g/mol. The Morgan fingerprint density at radius 3 is 2.91 bits per heavy atom. The van der Waals surface area contributed by atoms with Crippen LogP contribution in [-0.4, -0.2) is 14.4 Å². The summed E-state index contributed by atoms with van der Waals surface area (Å²) < 4.78 is 2.03. The number of nitrogens with zero attached hydrogens (tertiary/aromatic N) is 3. The van der Waals surface area contributed by atoms with Crippen molar-refractivity contribution in [1.82, 2.24) is 14.4 Å². The zero-order valence-corrected chi connectivity index (χ0v) is 12.8. The molecule has 0 fully saturated rings. The van der Waals surface area contributed by atoms with Gasteiger partial charge in [0.25, 0.3) is 0 Å². The van der Waals surface area contributed by atoms with Gasteiger partial charge in [0.2, 0.25) is 0 Å². The lowest BCUT2D eigenvalue weighted by atomic mass is 10.2. The van der Waals surface area contributed by atoms with Crippen LogP contribution in [0.4, 0.5) is 11.5 Å². The fourth-order valence-corrected chi connectivity index (χ4v) is 3.11.